The van der Waals surface area contributed by atoms with Crippen LogP contribution >= 0.6 is 11.6 Å². The largest absolute Gasteiger partial charge is 0.508 e. The minimum Gasteiger partial charge on any atom is -0.508 e. The van der Waals surface area contributed by atoms with Gasteiger partial charge < -0.3 is 15.2 Å². The number of phenols is 1. The second-order valence-corrected chi connectivity index (χ2v) is 4.97. The van der Waals surface area contributed by atoms with Crippen molar-refractivity contribution in [2.24, 2.45) is 0 Å². The molecular weight excluding hydrogens is 274 g/mol. The predicted octanol–water partition coefficient (Wildman–Crippen LogP) is 3.39. The fourth-order valence-corrected chi connectivity index (χ4v) is 2.23. The van der Waals surface area contributed by atoms with Crippen molar-refractivity contribution in [1.82, 2.24) is 5.32 Å². The van der Waals surface area contributed by atoms with Gasteiger partial charge in [0.15, 0.2) is 0 Å². The van der Waals surface area contributed by atoms with E-state index in [9.17, 15) is 5.11 Å². The minimum absolute atomic E-state index is 0.301. The molecule has 2 rings (SSSR count). The first-order valence-electron chi connectivity index (χ1n) is 6.50. The molecule has 2 aromatic rings. The van der Waals surface area contributed by atoms with Gasteiger partial charge in [0.1, 0.15) is 11.5 Å². The van der Waals surface area contributed by atoms with Crippen molar-refractivity contribution in [1.29, 1.82) is 0 Å². The third-order valence-corrected chi connectivity index (χ3v) is 3.37. The molecule has 0 bridgehead atoms. The average molecular weight is 292 g/mol. The van der Waals surface area contributed by atoms with E-state index in [4.69, 9.17) is 16.3 Å². The van der Waals surface area contributed by atoms with Crippen molar-refractivity contribution in [2.75, 3.05) is 13.7 Å². The fraction of sp³-hybridized carbons (Fsp3) is 0.250. The average Bonchev–Trinajstić information content (AvgIpc) is 2.46. The first kappa shape index (κ1) is 14.7. The van der Waals surface area contributed by atoms with Crippen LogP contribution in [0.25, 0.3) is 0 Å². The van der Waals surface area contributed by atoms with Gasteiger partial charge in [0.2, 0.25) is 0 Å². The van der Waals surface area contributed by atoms with Crippen molar-refractivity contribution in [3.63, 3.8) is 0 Å². The number of benzene rings is 2. The van der Waals surface area contributed by atoms with Crippen LogP contribution in [0.5, 0.6) is 11.5 Å². The standard InChI is InChI=1S/C16H18ClNO2/c1-20-16-7-4-13(10-15(16)17)11-18-9-8-12-2-5-14(19)6-3-12/h2-7,10,18-19H,8-9,11H2,1H3. The van der Waals surface area contributed by atoms with E-state index in [1.165, 1.54) is 5.56 Å². The highest BCUT2D eigenvalue weighted by Crippen LogP contribution is 2.24. The van der Waals surface area contributed by atoms with Crippen LogP contribution in [-0.2, 0) is 13.0 Å². The van der Waals surface area contributed by atoms with Gasteiger partial charge in [-0.25, -0.2) is 0 Å². The van der Waals surface area contributed by atoms with Crippen molar-refractivity contribution in [2.45, 2.75) is 13.0 Å². The van der Waals surface area contributed by atoms with Crippen LogP contribution in [0.2, 0.25) is 5.02 Å². The molecule has 0 amide bonds. The van der Waals surface area contributed by atoms with E-state index < -0.39 is 0 Å². The number of aromatic hydroxyl groups is 1. The molecule has 0 aromatic heterocycles. The number of nitrogens with one attached hydrogen (secondary N) is 1. The molecule has 0 saturated carbocycles. The van der Waals surface area contributed by atoms with Gasteiger partial charge in [-0.15, -0.1) is 0 Å². The molecule has 0 unspecified atom stereocenters. The number of hydrogen-bond donors (Lipinski definition) is 2. The molecule has 0 spiro atoms. The number of ether oxygens (including phenoxy) is 1. The van der Waals surface area contributed by atoms with E-state index in [2.05, 4.69) is 5.32 Å². The summed E-state index contributed by atoms with van der Waals surface area (Å²) in [7, 11) is 1.61. The molecule has 0 atom stereocenters. The molecule has 2 aromatic carbocycles. The molecule has 0 radical (unpaired) electrons. The molecule has 0 aliphatic rings. The summed E-state index contributed by atoms with van der Waals surface area (Å²) >= 11 is 6.08. The van der Waals surface area contributed by atoms with Gasteiger partial charge in [-0.2, -0.15) is 0 Å². The molecule has 0 aliphatic carbocycles. The summed E-state index contributed by atoms with van der Waals surface area (Å²) < 4.78 is 5.12. The van der Waals surface area contributed by atoms with Crippen LogP contribution in [0.4, 0.5) is 0 Å². The molecule has 0 fully saturated rings. The fourth-order valence-electron chi connectivity index (χ4n) is 1.95. The molecule has 3 nitrogen and oxygen atoms in total. The van der Waals surface area contributed by atoms with Gasteiger partial charge in [-0.1, -0.05) is 29.8 Å². The zero-order chi connectivity index (χ0) is 14.4. The lowest BCUT2D eigenvalue weighted by Crippen LogP contribution is -2.16. The minimum atomic E-state index is 0.301. The number of hydrogen-bond acceptors (Lipinski definition) is 3. The molecule has 2 N–H and O–H groups in total. The molecule has 0 aliphatic heterocycles. The summed E-state index contributed by atoms with van der Waals surface area (Å²) in [5, 5.41) is 13.2. The van der Waals surface area contributed by atoms with E-state index in [0.29, 0.717) is 16.5 Å². The number of halogens is 1. The van der Waals surface area contributed by atoms with Crippen LogP contribution in [0.3, 0.4) is 0 Å². The zero-order valence-corrected chi connectivity index (χ0v) is 12.2. The second kappa shape index (κ2) is 7.17. The summed E-state index contributed by atoms with van der Waals surface area (Å²) in [4.78, 5) is 0. The smallest absolute Gasteiger partial charge is 0.137 e. The summed E-state index contributed by atoms with van der Waals surface area (Å²) in [5.41, 5.74) is 2.32. The van der Waals surface area contributed by atoms with Gasteiger partial charge >= 0.3 is 0 Å². The van der Waals surface area contributed by atoms with Gasteiger partial charge in [-0.3, -0.25) is 0 Å². The maximum atomic E-state index is 9.21. The molecule has 20 heavy (non-hydrogen) atoms. The highest BCUT2D eigenvalue weighted by Gasteiger charge is 2.01. The number of rotatable bonds is 6. The summed E-state index contributed by atoms with van der Waals surface area (Å²) in [5.74, 6) is 0.995. The second-order valence-electron chi connectivity index (χ2n) is 4.56. The Morgan fingerprint density at radius 1 is 1.10 bits per heavy atom. The Morgan fingerprint density at radius 3 is 2.45 bits per heavy atom. The van der Waals surface area contributed by atoms with Gasteiger partial charge in [0, 0.05) is 6.54 Å². The van der Waals surface area contributed by atoms with Crippen molar-refractivity contribution in [3.05, 3.63) is 58.6 Å². The summed E-state index contributed by atoms with van der Waals surface area (Å²) in [6.45, 7) is 1.64. The molecular formula is C16H18ClNO2. The van der Waals surface area contributed by atoms with Crippen LogP contribution in [-0.4, -0.2) is 18.8 Å². The monoisotopic (exact) mass is 291 g/mol. The maximum absolute atomic E-state index is 9.21. The lowest BCUT2D eigenvalue weighted by Gasteiger charge is -2.08. The zero-order valence-electron chi connectivity index (χ0n) is 11.4. The van der Waals surface area contributed by atoms with Crippen LogP contribution in [0.1, 0.15) is 11.1 Å². The Balaban J connectivity index is 1.78. The molecule has 4 heteroatoms. The van der Waals surface area contributed by atoms with E-state index in [0.717, 1.165) is 25.1 Å². The normalized spacial score (nSPS) is 10.5. The van der Waals surface area contributed by atoms with Gasteiger partial charge in [-0.05, 0) is 48.4 Å². The van der Waals surface area contributed by atoms with Crippen LogP contribution in [0, 0.1) is 0 Å². The van der Waals surface area contributed by atoms with Crippen LogP contribution < -0.4 is 10.1 Å². The SMILES string of the molecule is COc1ccc(CNCCc2ccc(O)cc2)cc1Cl. The Labute approximate surface area is 124 Å². The van der Waals surface area contributed by atoms with E-state index in [1.807, 2.05) is 30.3 Å². The van der Waals surface area contributed by atoms with Crippen molar-refractivity contribution >= 4 is 11.6 Å². The summed E-state index contributed by atoms with van der Waals surface area (Å²) in [6, 6.07) is 13.1. The third kappa shape index (κ3) is 4.15. The van der Waals surface area contributed by atoms with Gasteiger partial charge in [0.05, 0.1) is 12.1 Å². The summed E-state index contributed by atoms with van der Waals surface area (Å²) in [6.07, 6.45) is 0.921. The van der Waals surface area contributed by atoms with Crippen molar-refractivity contribution < 1.29 is 9.84 Å². The Kier molecular flexibility index (Phi) is 5.27. The first-order valence-corrected chi connectivity index (χ1v) is 6.88. The Bertz CT molecular complexity index is 555. The Morgan fingerprint density at radius 2 is 1.80 bits per heavy atom. The highest BCUT2D eigenvalue weighted by molar-refractivity contribution is 6.32. The highest BCUT2D eigenvalue weighted by atomic mass is 35.5. The van der Waals surface area contributed by atoms with Gasteiger partial charge in [0.25, 0.3) is 0 Å². The predicted molar refractivity (Wildman–Crippen MR) is 81.5 cm³/mol. The van der Waals surface area contributed by atoms with Crippen molar-refractivity contribution in [3.8, 4) is 11.5 Å². The van der Waals surface area contributed by atoms with E-state index in [-0.39, 0.29) is 0 Å². The van der Waals surface area contributed by atoms with E-state index >= 15 is 0 Å². The molecule has 106 valence electrons. The molecule has 0 saturated heterocycles. The lowest BCUT2D eigenvalue weighted by molar-refractivity contribution is 0.415. The lowest BCUT2D eigenvalue weighted by atomic mass is 10.1. The number of methoxy groups -OCH3 is 1. The topological polar surface area (TPSA) is 41.5 Å². The Hall–Kier alpha value is -1.71. The van der Waals surface area contributed by atoms with E-state index in [1.54, 1.807) is 19.2 Å². The number of phenolic OH excluding ortho intramolecular Hbond substituents is 1. The quantitative estimate of drug-likeness (QED) is 0.802. The molecule has 0 heterocycles. The van der Waals surface area contributed by atoms with Crippen LogP contribution in [0.15, 0.2) is 42.5 Å². The first-order chi connectivity index (χ1) is 9.69. The third-order valence-electron chi connectivity index (χ3n) is 3.07. The maximum Gasteiger partial charge on any atom is 0.137 e.